The van der Waals surface area contributed by atoms with Gasteiger partial charge in [0.05, 0.1) is 0 Å². The molecule has 0 atom stereocenters. The molecule has 0 unspecified atom stereocenters. The highest BCUT2D eigenvalue weighted by molar-refractivity contribution is 7.49. The van der Waals surface area contributed by atoms with Gasteiger partial charge in [0.25, 0.3) is 0 Å². The van der Waals surface area contributed by atoms with Gasteiger partial charge in [0.1, 0.15) is 0 Å². The van der Waals surface area contributed by atoms with Gasteiger partial charge in [-0.25, -0.2) is 9.34 Å². The lowest BCUT2D eigenvalue weighted by Gasteiger charge is -2.35. The Morgan fingerprint density at radius 2 is 1.40 bits per heavy atom. The van der Waals surface area contributed by atoms with Crippen molar-refractivity contribution in [3.05, 3.63) is 0 Å². The fourth-order valence-corrected chi connectivity index (χ4v) is 8.57. The molecule has 1 aliphatic heterocycles. The number of hydrogen-bond donors (Lipinski definition) is 0. The van der Waals surface area contributed by atoms with E-state index < -0.39 is 16.8 Å². The first kappa shape index (κ1) is 13.6. The van der Waals surface area contributed by atoms with E-state index in [0.717, 1.165) is 13.1 Å². The van der Waals surface area contributed by atoms with Crippen molar-refractivity contribution in [3.63, 3.8) is 0 Å². The summed E-state index contributed by atoms with van der Waals surface area (Å²) in [4.78, 5) is 0. The Kier molecular flexibility index (Phi) is 5.20. The lowest BCUT2D eigenvalue weighted by molar-refractivity contribution is 0.485. The van der Waals surface area contributed by atoms with Gasteiger partial charge in [-0.3, -0.25) is 0 Å². The maximum atomic E-state index is 6.53. The second kappa shape index (κ2) is 5.74. The van der Waals surface area contributed by atoms with Crippen LogP contribution in [0, 0.1) is 0 Å². The van der Waals surface area contributed by atoms with Crippen LogP contribution in [-0.4, -0.2) is 44.8 Å². The van der Waals surface area contributed by atoms with Gasteiger partial charge in [-0.2, -0.15) is 0 Å². The molecule has 0 saturated carbocycles. The lowest BCUT2D eigenvalue weighted by Crippen LogP contribution is -2.36. The van der Waals surface area contributed by atoms with E-state index >= 15 is 0 Å². The summed E-state index contributed by atoms with van der Waals surface area (Å²) in [7, 11) is 2.51. The Hall–Kier alpha value is 0.527. The molecule has 1 aliphatic rings. The molecule has 1 fully saturated rings. The summed E-state index contributed by atoms with van der Waals surface area (Å²) in [6, 6.07) is 3.75. The topological polar surface area (TPSA) is 15.7 Å². The van der Waals surface area contributed by atoms with Crippen LogP contribution in [0.15, 0.2) is 0 Å². The monoisotopic (exact) mass is 248 g/mol. The number of likely N-dealkylation sites (N-methyl/N-ethyl adjacent to an activating group) is 2. The summed E-state index contributed by atoms with van der Waals surface area (Å²) < 4.78 is 11.3. The summed E-state index contributed by atoms with van der Waals surface area (Å²) in [5.74, 6) is 0. The van der Waals surface area contributed by atoms with E-state index in [9.17, 15) is 0 Å². The molecule has 0 aromatic heterocycles. The average Bonchev–Trinajstić information content (AvgIpc) is 2.57. The number of rotatable bonds is 5. The van der Waals surface area contributed by atoms with E-state index in [1.165, 1.54) is 18.1 Å². The van der Waals surface area contributed by atoms with Crippen LogP contribution < -0.4 is 0 Å². The standard InChI is InChI=1S/C10H25N2OPSi/c1-6-15(7-2,8-3)13-14-11(4)9-10-12(14)5/h6-10H2,1-5H3. The SMILES string of the molecule is CC[Si](CC)(CC)OP1N(C)CCN1C. The van der Waals surface area contributed by atoms with E-state index in [2.05, 4.69) is 44.2 Å². The first-order valence-corrected chi connectivity index (χ1v) is 9.69. The Bertz CT molecular complexity index is 184. The average molecular weight is 248 g/mol. The first-order valence-electron chi connectivity index (χ1n) is 6.00. The van der Waals surface area contributed by atoms with Crippen LogP contribution in [-0.2, 0) is 4.21 Å². The van der Waals surface area contributed by atoms with Crippen molar-refractivity contribution in [1.29, 1.82) is 0 Å². The Morgan fingerprint density at radius 3 is 1.73 bits per heavy atom. The molecule has 0 spiro atoms. The zero-order valence-electron chi connectivity index (χ0n) is 10.8. The van der Waals surface area contributed by atoms with Gasteiger partial charge < -0.3 is 4.21 Å². The zero-order valence-corrected chi connectivity index (χ0v) is 12.7. The Labute approximate surface area is 96.9 Å². The summed E-state index contributed by atoms with van der Waals surface area (Å²) >= 11 is 0. The molecular weight excluding hydrogens is 223 g/mol. The van der Waals surface area contributed by atoms with Crippen molar-refractivity contribution < 1.29 is 4.21 Å². The van der Waals surface area contributed by atoms with Crippen LogP contribution >= 0.6 is 8.45 Å². The van der Waals surface area contributed by atoms with Crippen LogP contribution in [0.3, 0.4) is 0 Å². The molecule has 0 radical (unpaired) electrons. The molecule has 3 nitrogen and oxygen atoms in total. The largest absolute Gasteiger partial charge is 0.372 e. The van der Waals surface area contributed by atoms with Crippen molar-refractivity contribution in [1.82, 2.24) is 9.34 Å². The van der Waals surface area contributed by atoms with Crippen molar-refractivity contribution >= 4 is 16.8 Å². The molecule has 5 heteroatoms. The minimum Gasteiger partial charge on any atom is -0.372 e. The normalized spacial score (nSPS) is 21.4. The van der Waals surface area contributed by atoms with Crippen LogP contribution in [0.2, 0.25) is 18.1 Å². The van der Waals surface area contributed by atoms with E-state index in [1.807, 2.05) is 0 Å². The molecule has 90 valence electrons. The summed E-state index contributed by atoms with van der Waals surface area (Å²) in [6.07, 6.45) is 0. The molecule has 0 bridgehead atoms. The molecule has 1 rings (SSSR count). The Balaban J connectivity index is 2.64. The highest BCUT2D eigenvalue weighted by atomic mass is 31.2. The van der Waals surface area contributed by atoms with Gasteiger partial charge in [0.15, 0.2) is 16.8 Å². The third kappa shape index (κ3) is 3.01. The minimum atomic E-state index is -1.42. The lowest BCUT2D eigenvalue weighted by atomic mass is 10.6. The molecule has 0 aromatic rings. The highest BCUT2D eigenvalue weighted by Crippen LogP contribution is 2.51. The van der Waals surface area contributed by atoms with Crippen LogP contribution in [0.5, 0.6) is 0 Å². The smallest absolute Gasteiger partial charge is 0.200 e. The predicted octanol–water partition coefficient (Wildman–Crippen LogP) is 3.11. The van der Waals surface area contributed by atoms with Crippen LogP contribution in [0.4, 0.5) is 0 Å². The molecule has 0 aromatic carbocycles. The molecule has 0 amide bonds. The zero-order chi connectivity index (χ0) is 11.5. The minimum absolute atomic E-state index is 0.445. The van der Waals surface area contributed by atoms with Crippen molar-refractivity contribution in [2.24, 2.45) is 0 Å². The third-order valence-corrected chi connectivity index (χ3v) is 11.2. The highest BCUT2D eigenvalue weighted by Gasteiger charge is 2.38. The molecule has 1 heterocycles. The van der Waals surface area contributed by atoms with Gasteiger partial charge >= 0.3 is 0 Å². The fraction of sp³-hybridized carbons (Fsp3) is 1.00. The summed E-state index contributed by atoms with van der Waals surface area (Å²) in [5, 5.41) is 0. The van der Waals surface area contributed by atoms with Gasteiger partial charge in [0.2, 0.25) is 0 Å². The summed E-state index contributed by atoms with van der Waals surface area (Å²) in [6.45, 7) is 9.20. The third-order valence-electron chi connectivity index (χ3n) is 3.54. The quantitative estimate of drug-likeness (QED) is 0.549. The van der Waals surface area contributed by atoms with Gasteiger partial charge in [-0.05, 0) is 32.2 Å². The van der Waals surface area contributed by atoms with Crippen molar-refractivity contribution in [2.45, 2.75) is 38.9 Å². The maximum Gasteiger partial charge on any atom is 0.200 e. The molecule has 15 heavy (non-hydrogen) atoms. The van der Waals surface area contributed by atoms with Crippen LogP contribution in [0.25, 0.3) is 0 Å². The van der Waals surface area contributed by atoms with Gasteiger partial charge in [-0.15, -0.1) is 0 Å². The van der Waals surface area contributed by atoms with E-state index in [4.69, 9.17) is 4.21 Å². The van der Waals surface area contributed by atoms with Crippen molar-refractivity contribution in [2.75, 3.05) is 27.2 Å². The molecule has 0 N–H and O–H groups in total. The molecular formula is C10H25N2OPSi. The summed E-state index contributed by atoms with van der Waals surface area (Å²) in [5.41, 5.74) is 0. The maximum absolute atomic E-state index is 6.53. The second-order valence-corrected chi connectivity index (χ2v) is 11.4. The van der Waals surface area contributed by atoms with E-state index in [0.29, 0.717) is 0 Å². The second-order valence-electron chi connectivity index (χ2n) is 4.35. The number of nitrogens with zero attached hydrogens (tertiary/aromatic N) is 2. The predicted molar refractivity (Wildman–Crippen MR) is 70.5 cm³/mol. The van der Waals surface area contributed by atoms with E-state index in [1.54, 1.807) is 0 Å². The van der Waals surface area contributed by atoms with Crippen molar-refractivity contribution in [3.8, 4) is 0 Å². The fourth-order valence-electron chi connectivity index (χ4n) is 1.98. The van der Waals surface area contributed by atoms with Gasteiger partial charge in [0, 0.05) is 13.1 Å². The molecule has 1 saturated heterocycles. The number of hydrogen-bond acceptors (Lipinski definition) is 3. The van der Waals surface area contributed by atoms with E-state index in [-0.39, 0.29) is 0 Å². The Morgan fingerprint density at radius 1 is 1.00 bits per heavy atom. The molecule has 0 aliphatic carbocycles. The van der Waals surface area contributed by atoms with Gasteiger partial charge in [-0.1, -0.05) is 20.8 Å². The van der Waals surface area contributed by atoms with Crippen LogP contribution in [0.1, 0.15) is 20.8 Å². The first-order chi connectivity index (χ1) is 7.08.